The molecule has 0 aliphatic carbocycles. The largest absolute Gasteiger partial charge is 0.378 e. The molecular formula is C13H19N3. The first-order valence-electron chi connectivity index (χ1n) is 5.67. The lowest BCUT2D eigenvalue weighted by atomic mass is 10.0. The number of anilines is 1. The zero-order valence-corrected chi connectivity index (χ0v) is 9.88. The summed E-state index contributed by atoms with van der Waals surface area (Å²) < 4.78 is 0. The van der Waals surface area contributed by atoms with E-state index in [-0.39, 0.29) is 5.54 Å². The van der Waals surface area contributed by atoms with E-state index in [4.69, 9.17) is 5.73 Å². The highest BCUT2D eigenvalue weighted by molar-refractivity contribution is 5.92. The van der Waals surface area contributed by atoms with Gasteiger partial charge in [0.1, 0.15) is 0 Å². The van der Waals surface area contributed by atoms with Crippen LogP contribution in [-0.4, -0.2) is 17.1 Å². The van der Waals surface area contributed by atoms with Crippen molar-refractivity contribution in [2.24, 2.45) is 5.73 Å². The quantitative estimate of drug-likeness (QED) is 0.737. The lowest BCUT2D eigenvalue weighted by Gasteiger charge is -2.26. The predicted octanol–water partition coefficient (Wildman–Crippen LogP) is 2.71. The van der Waals surface area contributed by atoms with E-state index >= 15 is 0 Å². The van der Waals surface area contributed by atoms with E-state index in [0.717, 1.165) is 17.6 Å². The standard InChI is InChI=1S/C13H19N3/c1-13(2,7-8-14)16-12-9-15-11-6-4-3-5-10(11)12/h3-6,9,15-16H,7-8,14H2,1-2H3. The molecule has 3 heteroatoms. The Morgan fingerprint density at radius 3 is 2.81 bits per heavy atom. The molecule has 0 aliphatic heterocycles. The van der Waals surface area contributed by atoms with Gasteiger partial charge in [-0.15, -0.1) is 0 Å². The molecule has 0 amide bonds. The Bertz CT molecular complexity index is 471. The smallest absolute Gasteiger partial charge is 0.0602 e. The van der Waals surface area contributed by atoms with Gasteiger partial charge in [0.15, 0.2) is 0 Å². The highest BCUT2D eigenvalue weighted by Gasteiger charge is 2.17. The second kappa shape index (κ2) is 4.18. The number of rotatable bonds is 4. The van der Waals surface area contributed by atoms with Gasteiger partial charge < -0.3 is 16.0 Å². The summed E-state index contributed by atoms with van der Waals surface area (Å²) in [6, 6.07) is 8.29. The number of fused-ring (bicyclic) bond motifs is 1. The van der Waals surface area contributed by atoms with Crippen molar-refractivity contribution in [3.05, 3.63) is 30.5 Å². The van der Waals surface area contributed by atoms with Crippen LogP contribution in [0, 0.1) is 0 Å². The fraction of sp³-hybridized carbons (Fsp3) is 0.385. The number of hydrogen-bond donors (Lipinski definition) is 3. The van der Waals surface area contributed by atoms with Crippen molar-refractivity contribution in [2.75, 3.05) is 11.9 Å². The third-order valence-corrected chi connectivity index (χ3v) is 2.83. The maximum atomic E-state index is 5.61. The van der Waals surface area contributed by atoms with E-state index in [9.17, 15) is 0 Å². The Morgan fingerprint density at radius 2 is 2.06 bits per heavy atom. The number of nitrogens with two attached hydrogens (primary N) is 1. The van der Waals surface area contributed by atoms with Gasteiger partial charge in [-0.1, -0.05) is 18.2 Å². The summed E-state index contributed by atoms with van der Waals surface area (Å²) >= 11 is 0. The van der Waals surface area contributed by atoms with Gasteiger partial charge in [0.25, 0.3) is 0 Å². The summed E-state index contributed by atoms with van der Waals surface area (Å²) in [4.78, 5) is 3.26. The Kier molecular flexibility index (Phi) is 2.88. The first-order valence-corrected chi connectivity index (χ1v) is 5.67. The van der Waals surface area contributed by atoms with E-state index in [1.807, 2.05) is 12.3 Å². The molecule has 0 unspecified atom stereocenters. The number of nitrogens with one attached hydrogen (secondary N) is 2. The van der Waals surface area contributed by atoms with Gasteiger partial charge >= 0.3 is 0 Å². The maximum absolute atomic E-state index is 5.61. The highest BCUT2D eigenvalue weighted by atomic mass is 15.0. The number of para-hydroxylation sites is 1. The van der Waals surface area contributed by atoms with Gasteiger partial charge in [-0.05, 0) is 32.9 Å². The van der Waals surface area contributed by atoms with Crippen molar-refractivity contribution in [1.82, 2.24) is 4.98 Å². The number of aromatic amines is 1. The van der Waals surface area contributed by atoms with Gasteiger partial charge in [-0.3, -0.25) is 0 Å². The zero-order chi connectivity index (χ0) is 11.6. The molecule has 0 atom stereocenters. The van der Waals surface area contributed by atoms with Crippen LogP contribution in [0.25, 0.3) is 10.9 Å². The van der Waals surface area contributed by atoms with E-state index in [2.05, 4.69) is 42.3 Å². The molecule has 0 radical (unpaired) electrons. The van der Waals surface area contributed by atoms with Crippen LogP contribution in [0.5, 0.6) is 0 Å². The SMILES string of the molecule is CC(C)(CCN)Nc1c[nH]c2ccccc12. The molecule has 0 saturated carbocycles. The van der Waals surface area contributed by atoms with Crippen molar-refractivity contribution in [1.29, 1.82) is 0 Å². The fourth-order valence-electron chi connectivity index (χ4n) is 1.96. The van der Waals surface area contributed by atoms with Crippen LogP contribution in [-0.2, 0) is 0 Å². The molecule has 0 bridgehead atoms. The average molecular weight is 217 g/mol. The van der Waals surface area contributed by atoms with Crippen LogP contribution < -0.4 is 11.1 Å². The monoisotopic (exact) mass is 217 g/mol. The van der Waals surface area contributed by atoms with E-state index in [1.165, 1.54) is 5.39 Å². The van der Waals surface area contributed by atoms with Crippen LogP contribution in [0.1, 0.15) is 20.3 Å². The molecule has 16 heavy (non-hydrogen) atoms. The maximum Gasteiger partial charge on any atom is 0.0602 e. The summed E-state index contributed by atoms with van der Waals surface area (Å²) in [6.07, 6.45) is 2.97. The van der Waals surface area contributed by atoms with Crippen molar-refractivity contribution in [2.45, 2.75) is 25.8 Å². The Balaban J connectivity index is 2.27. The molecule has 2 rings (SSSR count). The number of aromatic nitrogens is 1. The van der Waals surface area contributed by atoms with E-state index in [1.54, 1.807) is 0 Å². The van der Waals surface area contributed by atoms with Crippen molar-refractivity contribution >= 4 is 16.6 Å². The second-order valence-electron chi connectivity index (χ2n) is 4.80. The summed E-state index contributed by atoms with van der Waals surface area (Å²) in [5, 5.41) is 4.76. The minimum Gasteiger partial charge on any atom is -0.378 e. The Morgan fingerprint density at radius 1 is 1.31 bits per heavy atom. The summed E-state index contributed by atoms with van der Waals surface area (Å²) in [6.45, 7) is 5.03. The molecule has 3 nitrogen and oxygen atoms in total. The average Bonchev–Trinajstić information content (AvgIpc) is 2.61. The van der Waals surface area contributed by atoms with Gasteiger partial charge in [-0.25, -0.2) is 0 Å². The van der Waals surface area contributed by atoms with Gasteiger partial charge in [0, 0.05) is 22.6 Å². The van der Waals surface area contributed by atoms with Crippen molar-refractivity contribution in [3.8, 4) is 0 Å². The van der Waals surface area contributed by atoms with Crippen LogP contribution in [0.3, 0.4) is 0 Å². The molecule has 0 aliphatic rings. The number of hydrogen-bond acceptors (Lipinski definition) is 2. The molecule has 1 aromatic carbocycles. The molecule has 0 fully saturated rings. The summed E-state index contributed by atoms with van der Waals surface area (Å²) in [5.41, 5.74) is 7.94. The zero-order valence-electron chi connectivity index (χ0n) is 9.88. The summed E-state index contributed by atoms with van der Waals surface area (Å²) in [7, 11) is 0. The molecule has 1 heterocycles. The minimum atomic E-state index is 0.0275. The fourth-order valence-corrected chi connectivity index (χ4v) is 1.96. The topological polar surface area (TPSA) is 53.8 Å². The number of H-pyrrole nitrogens is 1. The van der Waals surface area contributed by atoms with Crippen molar-refractivity contribution in [3.63, 3.8) is 0 Å². The lowest BCUT2D eigenvalue weighted by Crippen LogP contribution is -2.33. The first kappa shape index (κ1) is 11.0. The summed E-state index contributed by atoms with van der Waals surface area (Å²) in [5.74, 6) is 0. The lowest BCUT2D eigenvalue weighted by molar-refractivity contribution is 0.527. The van der Waals surface area contributed by atoms with E-state index in [0.29, 0.717) is 6.54 Å². The Hall–Kier alpha value is -1.48. The molecular weight excluding hydrogens is 198 g/mol. The molecule has 0 saturated heterocycles. The first-order chi connectivity index (χ1) is 7.62. The van der Waals surface area contributed by atoms with Crippen LogP contribution in [0.2, 0.25) is 0 Å². The van der Waals surface area contributed by atoms with Gasteiger partial charge in [0.05, 0.1) is 5.69 Å². The molecule has 1 aromatic heterocycles. The van der Waals surface area contributed by atoms with E-state index < -0.39 is 0 Å². The third kappa shape index (κ3) is 2.19. The Labute approximate surface area is 96.0 Å². The van der Waals surface area contributed by atoms with Crippen LogP contribution >= 0.6 is 0 Å². The second-order valence-corrected chi connectivity index (χ2v) is 4.80. The molecule has 86 valence electrons. The minimum absolute atomic E-state index is 0.0275. The normalized spacial score (nSPS) is 11.9. The van der Waals surface area contributed by atoms with Gasteiger partial charge in [0.2, 0.25) is 0 Å². The van der Waals surface area contributed by atoms with Crippen molar-refractivity contribution < 1.29 is 0 Å². The third-order valence-electron chi connectivity index (χ3n) is 2.83. The predicted molar refractivity (Wildman–Crippen MR) is 69.7 cm³/mol. The van der Waals surface area contributed by atoms with Gasteiger partial charge in [-0.2, -0.15) is 0 Å². The van der Waals surface area contributed by atoms with Crippen LogP contribution in [0.15, 0.2) is 30.5 Å². The van der Waals surface area contributed by atoms with Crippen LogP contribution in [0.4, 0.5) is 5.69 Å². The molecule has 4 N–H and O–H groups in total. The highest BCUT2D eigenvalue weighted by Crippen LogP contribution is 2.26. The number of benzene rings is 1. The molecule has 2 aromatic rings. The molecule has 0 spiro atoms.